The minimum Gasteiger partial charge on any atom is -0.501 e. The van der Waals surface area contributed by atoms with Gasteiger partial charge in [-0.2, -0.15) is 0 Å². The zero-order chi connectivity index (χ0) is 12.6. The van der Waals surface area contributed by atoms with Crippen LogP contribution in [0.3, 0.4) is 0 Å². The van der Waals surface area contributed by atoms with Gasteiger partial charge in [0.15, 0.2) is 0 Å². The van der Waals surface area contributed by atoms with Gasteiger partial charge in [0, 0.05) is 5.57 Å². The summed E-state index contributed by atoms with van der Waals surface area (Å²) in [4.78, 5) is 22.0. The Bertz CT molecular complexity index is 303. The Morgan fingerprint density at radius 2 is 1.75 bits per heavy atom. The lowest BCUT2D eigenvalue weighted by atomic mass is 10.4. The van der Waals surface area contributed by atoms with Crippen LogP contribution in [0.4, 0.5) is 0 Å². The standard InChI is InChI=1S/C11H16O5/c1-8(2)11(13)16-6-5-15-10(12)7-9(3)14-4/h7H,1,5-6H2,2-4H3/b9-7-. The summed E-state index contributed by atoms with van der Waals surface area (Å²) in [6, 6.07) is 0. The molecule has 0 aromatic heterocycles. The van der Waals surface area contributed by atoms with Gasteiger partial charge in [-0.25, -0.2) is 9.59 Å². The van der Waals surface area contributed by atoms with Crippen molar-refractivity contribution >= 4 is 11.9 Å². The number of ether oxygens (including phenoxy) is 3. The Balaban J connectivity index is 3.72. The molecular weight excluding hydrogens is 212 g/mol. The van der Waals surface area contributed by atoms with E-state index in [-0.39, 0.29) is 13.2 Å². The van der Waals surface area contributed by atoms with Gasteiger partial charge in [0.25, 0.3) is 0 Å². The second kappa shape index (κ2) is 7.50. The SMILES string of the molecule is C=C(C)C(=O)OCCOC(=O)/C=C(/C)OC. The number of methoxy groups -OCH3 is 1. The average molecular weight is 228 g/mol. The largest absolute Gasteiger partial charge is 0.501 e. The highest BCUT2D eigenvalue weighted by Crippen LogP contribution is 1.95. The summed E-state index contributed by atoms with van der Waals surface area (Å²) >= 11 is 0. The third kappa shape index (κ3) is 6.64. The Labute approximate surface area is 94.7 Å². The van der Waals surface area contributed by atoms with E-state index in [1.54, 1.807) is 13.8 Å². The molecule has 0 aliphatic carbocycles. The van der Waals surface area contributed by atoms with Gasteiger partial charge in [0.1, 0.15) is 13.2 Å². The lowest BCUT2D eigenvalue weighted by molar-refractivity contribution is -0.146. The van der Waals surface area contributed by atoms with Crippen LogP contribution < -0.4 is 0 Å². The van der Waals surface area contributed by atoms with Crippen molar-refractivity contribution in [3.05, 3.63) is 24.0 Å². The minimum atomic E-state index is -0.536. The quantitative estimate of drug-likeness (QED) is 0.296. The molecule has 0 amide bonds. The maximum atomic E-state index is 11.1. The molecule has 0 N–H and O–H groups in total. The second-order valence-corrected chi connectivity index (χ2v) is 3.04. The van der Waals surface area contributed by atoms with E-state index < -0.39 is 11.9 Å². The van der Waals surface area contributed by atoms with Gasteiger partial charge < -0.3 is 14.2 Å². The molecule has 0 spiro atoms. The number of hydrogen-bond acceptors (Lipinski definition) is 5. The number of allylic oxidation sites excluding steroid dienone is 1. The number of hydrogen-bond donors (Lipinski definition) is 0. The van der Waals surface area contributed by atoms with E-state index in [0.717, 1.165) is 0 Å². The molecule has 0 bridgehead atoms. The second-order valence-electron chi connectivity index (χ2n) is 3.04. The molecule has 0 heterocycles. The van der Waals surface area contributed by atoms with Gasteiger partial charge in [0.2, 0.25) is 0 Å². The van der Waals surface area contributed by atoms with Crippen LogP contribution in [0.2, 0.25) is 0 Å². The zero-order valence-electron chi connectivity index (χ0n) is 9.74. The van der Waals surface area contributed by atoms with Crippen molar-refractivity contribution in [1.82, 2.24) is 0 Å². The van der Waals surface area contributed by atoms with Gasteiger partial charge in [-0.1, -0.05) is 6.58 Å². The van der Waals surface area contributed by atoms with Gasteiger partial charge in [-0.3, -0.25) is 0 Å². The van der Waals surface area contributed by atoms with E-state index in [1.165, 1.54) is 13.2 Å². The van der Waals surface area contributed by atoms with Crippen molar-refractivity contribution in [3.63, 3.8) is 0 Å². The van der Waals surface area contributed by atoms with Crippen LogP contribution >= 0.6 is 0 Å². The molecule has 0 radical (unpaired) electrons. The summed E-state index contributed by atoms with van der Waals surface area (Å²) in [5.41, 5.74) is 0.307. The molecule has 5 heteroatoms. The molecule has 5 nitrogen and oxygen atoms in total. The first-order valence-corrected chi connectivity index (χ1v) is 4.69. The van der Waals surface area contributed by atoms with Crippen molar-refractivity contribution in [2.24, 2.45) is 0 Å². The maximum absolute atomic E-state index is 11.1. The van der Waals surface area contributed by atoms with Crippen molar-refractivity contribution in [1.29, 1.82) is 0 Å². The Hall–Kier alpha value is -1.78. The van der Waals surface area contributed by atoms with Crippen molar-refractivity contribution in [3.8, 4) is 0 Å². The van der Waals surface area contributed by atoms with E-state index >= 15 is 0 Å². The van der Waals surface area contributed by atoms with E-state index in [2.05, 4.69) is 6.58 Å². The third-order valence-corrected chi connectivity index (χ3v) is 1.55. The highest BCUT2D eigenvalue weighted by Gasteiger charge is 2.04. The number of rotatable bonds is 6. The summed E-state index contributed by atoms with van der Waals surface area (Å²) in [5, 5.41) is 0. The molecule has 0 unspecified atom stereocenters. The number of carbonyl (C=O) groups excluding carboxylic acids is 2. The van der Waals surface area contributed by atoms with Crippen LogP contribution in [0, 0.1) is 0 Å². The topological polar surface area (TPSA) is 61.8 Å². The molecule has 0 aliphatic heterocycles. The Kier molecular flexibility index (Phi) is 6.67. The van der Waals surface area contributed by atoms with Crippen molar-refractivity contribution in [2.75, 3.05) is 20.3 Å². The summed E-state index contributed by atoms with van der Waals surface area (Å²) in [6.07, 6.45) is 1.21. The molecule has 90 valence electrons. The predicted molar refractivity (Wildman–Crippen MR) is 57.5 cm³/mol. The summed E-state index contributed by atoms with van der Waals surface area (Å²) in [7, 11) is 1.45. The molecule has 0 aromatic rings. The third-order valence-electron chi connectivity index (χ3n) is 1.55. The predicted octanol–water partition coefficient (Wildman–Crippen LogP) is 1.20. The highest BCUT2D eigenvalue weighted by molar-refractivity contribution is 5.87. The summed E-state index contributed by atoms with van der Waals surface area (Å²) in [6.45, 7) is 6.60. The fraction of sp³-hybridized carbons (Fsp3) is 0.455. The normalized spacial score (nSPS) is 10.6. The fourth-order valence-electron chi connectivity index (χ4n) is 0.666. The van der Waals surface area contributed by atoms with Gasteiger partial charge in [0.05, 0.1) is 18.9 Å². The molecule has 0 fully saturated rings. The van der Waals surface area contributed by atoms with Crippen LogP contribution in [0.25, 0.3) is 0 Å². The number of esters is 2. The molecular formula is C11H16O5. The van der Waals surface area contributed by atoms with Crippen LogP contribution in [-0.4, -0.2) is 32.3 Å². The maximum Gasteiger partial charge on any atom is 0.334 e. The summed E-state index contributed by atoms with van der Waals surface area (Å²) in [5.74, 6) is -0.589. The first-order valence-electron chi connectivity index (χ1n) is 4.69. The molecule has 0 aliphatic rings. The molecule has 0 saturated carbocycles. The van der Waals surface area contributed by atoms with E-state index in [1.807, 2.05) is 0 Å². The van der Waals surface area contributed by atoms with Crippen LogP contribution in [-0.2, 0) is 23.8 Å². The first-order chi connectivity index (χ1) is 7.47. The van der Waals surface area contributed by atoms with E-state index in [0.29, 0.717) is 11.3 Å². The van der Waals surface area contributed by atoms with Crippen LogP contribution in [0.1, 0.15) is 13.8 Å². The van der Waals surface area contributed by atoms with Gasteiger partial charge in [-0.05, 0) is 13.8 Å². The fourth-order valence-corrected chi connectivity index (χ4v) is 0.666. The van der Waals surface area contributed by atoms with E-state index in [9.17, 15) is 9.59 Å². The zero-order valence-corrected chi connectivity index (χ0v) is 9.74. The van der Waals surface area contributed by atoms with Gasteiger partial charge in [-0.15, -0.1) is 0 Å². The molecule has 0 saturated heterocycles. The highest BCUT2D eigenvalue weighted by atomic mass is 16.6. The summed E-state index contributed by atoms with van der Waals surface area (Å²) < 4.78 is 14.2. The monoisotopic (exact) mass is 228 g/mol. The van der Waals surface area contributed by atoms with Crippen LogP contribution in [0.15, 0.2) is 24.0 Å². The Morgan fingerprint density at radius 3 is 2.25 bits per heavy atom. The molecule has 16 heavy (non-hydrogen) atoms. The van der Waals surface area contributed by atoms with Gasteiger partial charge >= 0.3 is 11.9 Å². The first kappa shape index (κ1) is 14.2. The smallest absolute Gasteiger partial charge is 0.334 e. The lowest BCUT2D eigenvalue weighted by Crippen LogP contribution is -2.13. The minimum absolute atomic E-state index is 0.00531. The molecule has 0 rings (SSSR count). The average Bonchev–Trinajstić information content (AvgIpc) is 2.23. The molecule has 0 atom stereocenters. The number of carbonyl (C=O) groups is 2. The van der Waals surface area contributed by atoms with Crippen molar-refractivity contribution < 1.29 is 23.8 Å². The molecule has 0 aromatic carbocycles. The van der Waals surface area contributed by atoms with E-state index in [4.69, 9.17) is 14.2 Å². The van der Waals surface area contributed by atoms with Crippen molar-refractivity contribution in [2.45, 2.75) is 13.8 Å². The lowest BCUT2D eigenvalue weighted by Gasteiger charge is -2.04. The van der Waals surface area contributed by atoms with Crippen LogP contribution in [0.5, 0.6) is 0 Å². The Morgan fingerprint density at radius 1 is 1.19 bits per heavy atom.